The van der Waals surface area contributed by atoms with Gasteiger partial charge in [0, 0.05) is 18.2 Å². The van der Waals surface area contributed by atoms with E-state index in [2.05, 4.69) is 10.6 Å². The zero-order valence-corrected chi connectivity index (χ0v) is 19.3. The molecule has 2 aliphatic rings. The summed E-state index contributed by atoms with van der Waals surface area (Å²) in [5.74, 6) is -4.55. The predicted molar refractivity (Wildman–Crippen MR) is 112 cm³/mol. The molecule has 0 aromatic heterocycles. The van der Waals surface area contributed by atoms with Crippen molar-refractivity contribution in [1.29, 1.82) is 0 Å². The van der Waals surface area contributed by atoms with Gasteiger partial charge in [-0.3, -0.25) is 4.79 Å². The average molecular weight is 532 g/mol. The molecule has 1 saturated heterocycles. The van der Waals surface area contributed by atoms with Crippen LogP contribution < -0.4 is 20.1 Å². The topological polar surface area (TPSA) is 96.9 Å². The first-order valence-corrected chi connectivity index (χ1v) is 11.1. The van der Waals surface area contributed by atoms with Gasteiger partial charge in [-0.2, -0.15) is 26.3 Å². The van der Waals surface area contributed by atoms with E-state index in [0.29, 0.717) is 11.3 Å². The predicted octanol–water partition coefficient (Wildman–Crippen LogP) is 4.34. The number of methoxy groups -OCH3 is 1. The van der Waals surface area contributed by atoms with E-state index in [1.54, 1.807) is 0 Å². The zero-order valence-electron chi connectivity index (χ0n) is 19.3. The number of nitrogens with one attached hydrogen (secondary N) is 2. The molecule has 1 heterocycles. The van der Waals surface area contributed by atoms with Gasteiger partial charge in [0.1, 0.15) is 5.75 Å². The van der Waals surface area contributed by atoms with Crippen LogP contribution in [0.2, 0.25) is 0 Å². The lowest BCUT2D eigenvalue weighted by atomic mass is 9.87. The Morgan fingerprint density at radius 2 is 1.67 bits per heavy atom. The average Bonchev–Trinajstić information content (AvgIpc) is 3.33. The lowest BCUT2D eigenvalue weighted by Crippen LogP contribution is -2.40. The van der Waals surface area contributed by atoms with Gasteiger partial charge in [0.2, 0.25) is 5.91 Å². The Hall–Kier alpha value is -2.77. The van der Waals surface area contributed by atoms with E-state index in [1.807, 2.05) is 0 Å². The first-order valence-electron chi connectivity index (χ1n) is 11.1. The summed E-state index contributed by atoms with van der Waals surface area (Å²) in [6, 6.07) is 2.39. The highest BCUT2D eigenvalue weighted by atomic mass is 19.4. The number of carbonyl (C=O) groups excluding carboxylic acids is 1. The van der Waals surface area contributed by atoms with Gasteiger partial charge in [0.15, 0.2) is 11.6 Å². The van der Waals surface area contributed by atoms with Crippen molar-refractivity contribution in [3.05, 3.63) is 23.5 Å². The number of rotatable bonds is 6. The molecule has 204 valence electrons. The second-order valence-corrected chi connectivity index (χ2v) is 8.40. The molecular formula is C22H27F7N2O5. The molecule has 36 heavy (non-hydrogen) atoms. The molecule has 0 spiro atoms. The largest absolute Gasteiger partial charge is 0.496 e. The molecule has 0 radical (unpaired) electrons. The van der Waals surface area contributed by atoms with E-state index in [9.17, 15) is 35.5 Å². The minimum atomic E-state index is -5.08. The fraction of sp³-hybridized carbons (Fsp3) is 0.636. The van der Waals surface area contributed by atoms with Gasteiger partial charge in [-0.05, 0) is 51.1 Å². The first kappa shape index (κ1) is 29.5. The fourth-order valence-corrected chi connectivity index (χ4v) is 3.90. The summed E-state index contributed by atoms with van der Waals surface area (Å²) in [5, 5.41) is 13.0. The molecule has 1 amide bonds. The van der Waals surface area contributed by atoms with Crippen LogP contribution in [-0.4, -0.2) is 55.1 Å². The number of carboxylic acids is 1. The number of benzene rings is 1. The van der Waals surface area contributed by atoms with Gasteiger partial charge in [-0.25, -0.2) is 9.18 Å². The van der Waals surface area contributed by atoms with Crippen LogP contribution in [0.3, 0.4) is 0 Å². The number of hydrogen-bond donors (Lipinski definition) is 3. The number of halogens is 7. The Kier molecular flexibility index (Phi) is 10.2. The second kappa shape index (κ2) is 12.5. The Morgan fingerprint density at radius 3 is 2.14 bits per heavy atom. The number of carbonyl (C=O) groups is 2. The summed E-state index contributed by atoms with van der Waals surface area (Å²) in [7, 11) is 1.43. The van der Waals surface area contributed by atoms with Gasteiger partial charge in [-0.1, -0.05) is 0 Å². The van der Waals surface area contributed by atoms with E-state index in [1.165, 1.54) is 19.2 Å². The Labute approximate surface area is 202 Å². The third kappa shape index (κ3) is 8.71. The van der Waals surface area contributed by atoms with Crippen LogP contribution in [0.5, 0.6) is 11.5 Å². The Morgan fingerprint density at radius 1 is 1.06 bits per heavy atom. The van der Waals surface area contributed by atoms with E-state index in [0.717, 1.165) is 19.4 Å². The number of aliphatic carboxylic acids is 1. The van der Waals surface area contributed by atoms with Gasteiger partial charge >= 0.3 is 18.3 Å². The fourth-order valence-electron chi connectivity index (χ4n) is 3.90. The molecule has 1 aromatic carbocycles. The van der Waals surface area contributed by atoms with Crippen LogP contribution in [0.25, 0.3) is 0 Å². The van der Waals surface area contributed by atoms with Crippen LogP contribution >= 0.6 is 0 Å². The van der Waals surface area contributed by atoms with Gasteiger partial charge in [0.25, 0.3) is 0 Å². The SMILES string of the molecule is COc1cc(O[C@H]2CC[C@@H](C(F)(F)F)CC2)c(F)cc1CNC(=O)[C@@H]1CCCN1.O=C(O)C(F)(F)F. The minimum absolute atomic E-state index is 0.0216. The molecular weight excluding hydrogens is 505 g/mol. The maximum Gasteiger partial charge on any atom is 0.490 e. The van der Waals surface area contributed by atoms with E-state index >= 15 is 0 Å². The summed E-state index contributed by atoms with van der Waals surface area (Å²) >= 11 is 0. The molecule has 3 rings (SSSR count). The summed E-state index contributed by atoms with van der Waals surface area (Å²) in [4.78, 5) is 21.0. The highest BCUT2D eigenvalue weighted by molar-refractivity contribution is 5.82. The smallest absolute Gasteiger partial charge is 0.490 e. The lowest BCUT2D eigenvalue weighted by molar-refractivity contribution is -0.192. The van der Waals surface area contributed by atoms with Crippen molar-refractivity contribution >= 4 is 11.9 Å². The third-order valence-electron chi connectivity index (χ3n) is 5.84. The molecule has 1 aromatic rings. The van der Waals surface area contributed by atoms with Crippen molar-refractivity contribution in [2.75, 3.05) is 13.7 Å². The molecule has 1 saturated carbocycles. The van der Waals surface area contributed by atoms with E-state index < -0.39 is 36.2 Å². The van der Waals surface area contributed by atoms with Crippen molar-refractivity contribution in [3.63, 3.8) is 0 Å². The Bertz CT molecular complexity index is 894. The second-order valence-electron chi connectivity index (χ2n) is 8.40. The number of carboxylic acid groups (broad SMARTS) is 1. The maximum atomic E-state index is 14.5. The quantitative estimate of drug-likeness (QED) is 0.472. The minimum Gasteiger partial charge on any atom is -0.496 e. The lowest BCUT2D eigenvalue weighted by Gasteiger charge is -2.30. The summed E-state index contributed by atoms with van der Waals surface area (Å²) in [6.45, 7) is 0.904. The van der Waals surface area contributed by atoms with Crippen LogP contribution in [0.4, 0.5) is 30.7 Å². The van der Waals surface area contributed by atoms with Gasteiger partial charge in [0.05, 0.1) is 25.2 Å². The van der Waals surface area contributed by atoms with E-state index in [-0.39, 0.29) is 49.9 Å². The van der Waals surface area contributed by atoms with Crippen LogP contribution in [0.15, 0.2) is 12.1 Å². The van der Waals surface area contributed by atoms with Gasteiger partial charge < -0.3 is 25.2 Å². The molecule has 3 N–H and O–H groups in total. The first-order chi connectivity index (χ1) is 16.7. The molecule has 0 unspecified atom stereocenters. The van der Waals surface area contributed by atoms with Crippen LogP contribution in [0, 0.1) is 11.7 Å². The number of alkyl halides is 6. The normalized spacial score (nSPS) is 22.3. The Balaban J connectivity index is 0.000000572. The molecule has 1 atom stereocenters. The van der Waals surface area contributed by atoms with Gasteiger partial charge in [-0.15, -0.1) is 0 Å². The van der Waals surface area contributed by atoms with Crippen molar-refractivity contribution < 1.29 is 54.9 Å². The van der Waals surface area contributed by atoms with Crippen molar-refractivity contribution in [3.8, 4) is 11.5 Å². The highest BCUT2D eigenvalue weighted by Gasteiger charge is 2.42. The van der Waals surface area contributed by atoms with Crippen molar-refractivity contribution in [2.45, 2.75) is 69.6 Å². The monoisotopic (exact) mass is 532 g/mol. The summed E-state index contributed by atoms with van der Waals surface area (Å²) in [5.41, 5.74) is 0.462. The summed E-state index contributed by atoms with van der Waals surface area (Å²) in [6.07, 6.45) is -7.64. The van der Waals surface area contributed by atoms with Crippen molar-refractivity contribution in [1.82, 2.24) is 10.6 Å². The molecule has 14 heteroatoms. The standard InChI is InChI=1S/C20H26F4N2O3.C2HF3O2/c1-28-17-10-18(29-14-6-4-13(5-7-14)20(22,23)24)15(21)9-12(17)11-26-19(27)16-3-2-8-25-16;3-2(4,5)1(6)7/h9-10,13-14,16,25H,2-8,11H2,1H3,(H,26,27);(H,6,7)/t13-,14+,16-;/m0./s1. The zero-order chi connectivity index (χ0) is 27.1. The third-order valence-corrected chi connectivity index (χ3v) is 5.84. The van der Waals surface area contributed by atoms with Crippen LogP contribution in [0.1, 0.15) is 44.1 Å². The van der Waals surface area contributed by atoms with E-state index in [4.69, 9.17) is 19.4 Å². The molecule has 7 nitrogen and oxygen atoms in total. The number of ether oxygens (including phenoxy) is 2. The summed E-state index contributed by atoms with van der Waals surface area (Å²) < 4.78 is 95.5. The number of hydrogen-bond acceptors (Lipinski definition) is 5. The molecule has 0 bridgehead atoms. The van der Waals surface area contributed by atoms with Crippen molar-refractivity contribution in [2.24, 2.45) is 5.92 Å². The molecule has 2 fully saturated rings. The molecule has 1 aliphatic heterocycles. The highest BCUT2D eigenvalue weighted by Crippen LogP contribution is 2.39. The maximum absolute atomic E-state index is 14.5. The number of amides is 1. The van der Waals surface area contributed by atoms with Crippen LogP contribution in [-0.2, 0) is 16.1 Å². The molecule has 1 aliphatic carbocycles.